The third kappa shape index (κ3) is 3.26. The van der Waals surface area contributed by atoms with Gasteiger partial charge in [0, 0.05) is 22.6 Å². The van der Waals surface area contributed by atoms with Gasteiger partial charge >= 0.3 is 0 Å². The molecule has 3 heterocycles. The number of hydrogen-bond donors (Lipinski definition) is 3. The van der Waals surface area contributed by atoms with Crippen molar-refractivity contribution in [2.24, 2.45) is 17.6 Å². The smallest absolute Gasteiger partial charge is 0.291 e. The van der Waals surface area contributed by atoms with Crippen molar-refractivity contribution in [1.82, 2.24) is 0 Å². The Hall–Kier alpha value is -4.01. The molecule has 5 N–H and O–H groups in total. The topological polar surface area (TPSA) is 126 Å². The SMILES string of the molecule is Cc1c(Cl)ccc2c1NC(=O)[C@]21[NH2+][C@@H](Cc2ccccc2)[C@H]2C(=O)N(c3ccc(C(N)=O)cc3)C(=O)[C@H]21. The number of carbonyl (C=O) groups is 4. The van der Waals surface area contributed by atoms with E-state index in [4.69, 9.17) is 17.3 Å². The van der Waals surface area contributed by atoms with E-state index in [-0.39, 0.29) is 23.4 Å². The van der Waals surface area contributed by atoms with E-state index in [2.05, 4.69) is 5.32 Å². The summed E-state index contributed by atoms with van der Waals surface area (Å²) in [6.07, 6.45) is 0.506. The lowest BCUT2D eigenvalue weighted by molar-refractivity contribution is -0.733. The van der Waals surface area contributed by atoms with Gasteiger partial charge in [-0.05, 0) is 54.4 Å². The Bertz CT molecular complexity index is 1490. The first-order chi connectivity index (χ1) is 17.7. The molecule has 6 rings (SSSR count). The molecule has 0 aromatic heterocycles. The van der Waals surface area contributed by atoms with Crippen LogP contribution in [0.3, 0.4) is 0 Å². The highest BCUT2D eigenvalue weighted by Gasteiger charge is 2.74. The Balaban J connectivity index is 1.49. The molecule has 0 aliphatic carbocycles. The highest BCUT2D eigenvalue weighted by atomic mass is 35.5. The van der Waals surface area contributed by atoms with Crippen LogP contribution in [0.1, 0.15) is 27.0 Å². The van der Waals surface area contributed by atoms with Crippen LogP contribution in [0.15, 0.2) is 66.7 Å². The molecule has 0 unspecified atom stereocenters. The van der Waals surface area contributed by atoms with Crippen LogP contribution in [0.2, 0.25) is 5.02 Å². The van der Waals surface area contributed by atoms with Gasteiger partial charge in [0.05, 0.1) is 11.4 Å². The van der Waals surface area contributed by atoms with E-state index in [9.17, 15) is 19.2 Å². The number of primary amides is 1. The monoisotopic (exact) mass is 515 g/mol. The molecule has 0 saturated carbocycles. The molecule has 4 atom stereocenters. The first-order valence-electron chi connectivity index (χ1n) is 12.0. The van der Waals surface area contributed by atoms with Gasteiger partial charge in [0.15, 0.2) is 0 Å². The molecule has 9 heteroatoms. The summed E-state index contributed by atoms with van der Waals surface area (Å²) in [5, 5.41) is 5.38. The van der Waals surface area contributed by atoms with Gasteiger partial charge in [-0.15, -0.1) is 0 Å². The number of hydrogen-bond acceptors (Lipinski definition) is 4. The number of quaternary nitrogens is 1. The number of nitrogens with two attached hydrogens (primary N) is 2. The van der Waals surface area contributed by atoms with E-state index < -0.39 is 29.2 Å². The number of anilines is 2. The molecule has 1 spiro atoms. The minimum Gasteiger partial charge on any atom is -0.366 e. The van der Waals surface area contributed by atoms with Crippen molar-refractivity contribution in [3.05, 3.63) is 94.0 Å². The molecule has 2 saturated heterocycles. The molecule has 3 aromatic carbocycles. The van der Waals surface area contributed by atoms with Gasteiger partial charge in [-0.1, -0.05) is 41.9 Å². The molecule has 3 aliphatic heterocycles. The summed E-state index contributed by atoms with van der Waals surface area (Å²) < 4.78 is 0. The van der Waals surface area contributed by atoms with Crippen LogP contribution in [0.25, 0.3) is 0 Å². The first-order valence-corrected chi connectivity index (χ1v) is 12.4. The van der Waals surface area contributed by atoms with Crippen molar-refractivity contribution in [2.75, 3.05) is 10.2 Å². The predicted molar refractivity (Wildman–Crippen MR) is 137 cm³/mol. The molecule has 3 aliphatic rings. The predicted octanol–water partition coefficient (Wildman–Crippen LogP) is 1.89. The zero-order valence-corrected chi connectivity index (χ0v) is 20.7. The summed E-state index contributed by atoms with van der Waals surface area (Å²) in [5.74, 6) is -3.37. The number of benzene rings is 3. The lowest BCUT2D eigenvalue weighted by atomic mass is 9.76. The molecule has 37 heavy (non-hydrogen) atoms. The fraction of sp³-hybridized carbons (Fsp3) is 0.214. The van der Waals surface area contributed by atoms with Crippen molar-refractivity contribution in [1.29, 1.82) is 0 Å². The molecule has 2 fully saturated rings. The van der Waals surface area contributed by atoms with Gasteiger partial charge in [0.1, 0.15) is 17.9 Å². The summed E-state index contributed by atoms with van der Waals surface area (Å²) in [4.78, 5) is 54.4. The first kappa shape index (κ1) is 23.4. The van der Waals surface area contributed by atoms with Crippen LogP contribution >= 0.6 is 11.6 Å². The number of nitrogens with zero attached hydrogens (tertiary/aromatic N) is 1. The molecule has 186 valence electrons. The van der Waals surface area contributed by atoms with Crippen molar-refractivity contribution in [3.63, 3.8) is 0 Å². The van der Waals surface area contributed by atoms with Gasteiger partial charge in [0.25, 0.3) is 5.91 Å². The number of rotatable bonds is 4. The number of carbonyl (C=O) groups excluding carboxylic acids is 4. The van der Waals surface area contributed by atoms with E-state index in [0.29, 0.717) is 28.4 Å². The van der Waals surface area contributed by atoms with Crippen LogP contribution in [-0.4, -0.2) is 29.7 Å². The van der Waals surface area contributed by atoms with Crippen molar-refractivity contribution >= 4 is 46.6 Å². The van der Waals surface area contributed by atoms with Crippen LogP contribution < -0.4 is 21.3 Å². The van der Waals surface area contributed by atoms with Crippen LogP contribution in [0.5, 0.6) is 0 Å². The Morgan fingerprint density at radius 2 is 1.73 bits per heavy atom. The van der Waals surface area contributed by atoms with E-state index in [0.717, 1.165) is 16.0 Å². The standard InChI is InChI=1S/C28H23ClN4O4/c1-14-19(29)12-11-18-23(14)31-27(37)28(18)22-21(20(32-28)13-15-5-3-2-4-6-15)25(35)33(26(22)36)17-9-7-16(8-10-17)24(30)34/h2-12,20-22,32H,13H2,1H3,(H2,30,34)(H,31,37)/p+1/t20-,21+,22-,28-/m0/s1. The highest BCUT2D eigenvalue weighted by Crippen LogP contribution is 2.51. The van der Waals surface area contributed by atoms with Gasteiger partial charge < -0.3 is 16.4 Å². The average Bonchev–Trinajstić information content (AvgIpc) is 3.47. The molecule has 0 bridgehead atoms. The fourth-order valence-corrected chi connectivity index (χ4v) is 6.41. The molecular weight excluding hydrogens is 492 g/mol. The third-order valence-electron chi connectivity index (χ3n) is 7.96. The van der Waals surface area contributed by atoms with Gasteiger partial charge in [-0.25, -0.2) is 4.90 Å². The Kier molecular flexibility index (Phi) is 5.22. The molecule has 4 amide bonds. The van der Waals surface area contributed by atoms with Gasteiger partial charge in [0.2, 0.25) is 23.3 Å². The second-order valence-electron chi connectivity index (χ2n) is 9.86. The lowest BCUT2D eigenvalue weighted by Crippen LogP contribution is -2.99. The minimum absolute atomic E-state index is 0.270. The number of amides is 4. The lowest BCUT2D eigenvalue weighted by Gasteiger charge is -2.26. The van der Waals surface area contributed by atoms with Crippen LogP contribution in [0.4, 0.5) is 11.4 Å². The Morgan fingerprint density at radius 3 is 2.41 bits per heavy atom. The van der Waals surface area contributed by atoms with E-state index in [1.807, 2.05) is 42.6 Å². The maximum atomic E-state index is 14.1. The maximum Gasteiger partial charge on any atom is 0.291 e. The second kappa shape index (κ2) is 8.26. The largest absolute Gasteiger partial charge is 0.366 e. The quantitative estimate of drug-likeness (QED) is 0.459. The summed E-state index contributed by atoms with van der Waals surface area (Å²) in [5.41, 5.74) is 7.65. The number of nitrogens with one attached hydrogen (secondary N) is 1. The van der Waals surface area contributed by atoms with Crippen molar-refractivity contribution < 1.29 is 24.5 Å². The third-order valence-corrected chi connectivity index (χ3v) is 8.37. The van der Waals surface area contributed by atoms with Crippen molar-refractivity contribution in [3.8, 4) is 0 Å². The van der Waals surface area contributed by atoms with Gasteiger partial charge in [-0.2, -0.15) is 0 Å². The number of halogens is 1. The van der Waals surface area contributed by atoms with Crippen LogP contribution in [0, 0.1) is 18.8 Å². The summed E-state index contributed by atoms with van der Waals surface area (Å²) in [6.45, 7) is 1.82. The fourth-order valence-electron chi connectivity index (χ4n) is 6.25. The van der Waals surface area contributed by atoms with E-state index in [1.54, 1.807) is 12.1 Å². The highest BCUT2D eigenvalue weighted by molar-refractivity contribution is 6.32. The summed E-state index contributed by atoms with van der Waals surface area (Å²) in [7, 11) is 0. The van der Waals surface area contributed by atoms with E-state index in [1.165, 1.54) is 24.3 Å². The molecule has 8 nitrogen and oxygen atoms in total. The number of fused-ring (bicyclic) bond motifs is 4. The zero-order chi connectivity index (χ0) is 26.1. The normalized spacial score (nSPS) is 25.9. The van der Waals surface area contributed by atoms with Crippen LogP contribution in [-0.2, 0) is 26.3 Å². The second-order valence-corrected chi connectivity index (χ2v) is 10.3. The Morgan fingerprint density at radius 1 is 1.03 bits per heavy atom. The average molecular weight is 516 g/mol. The molecule has 3 aromatic rings. The zero-order valence-electron chi connectivity index (χ0n) is 19.9. The summed E-state index contributed by atoms with van der Waals surface area (Å²) in [6, 6.07) is 18.9. The number of imide groups is 1. The molecular formula is C28H24ClN4O4+. The molecule has 0 radical (unpaired) electrons. The maximum absolute atomic E-state index is 14.1. The minimum atomic E-state index is -1.30. The Labute approximate surface area is 217 Å². The van der Waals surface area contributed by atoms with E-state index >= 15 is 0 Å². The summed E-state index contributed by atoms with van der Waals surface area (Å²) >= 11 is 6.35. The van der Waals surface area contributed by atoms with Crippen molar-refractivity contribution in [2.45, 2.75) is 24.9 Å². The van der Waals surface area contributed by atoms with Gasteiger partial charge in [-0.3, -0.25) is 19.2 Å².